The third kappa shape index (κ3) is 1.66. The molecule has 0 unspecified atom stereocenters. The molecule has 0 radical (unpaired) electrons. The molecule has 0 aromatic heterocycles. The normalized spacial score (nSPS) is 33.4. The van der Waals surface area contributed by atoms with Crippen LogP contribution < -0.4 is 0 Å². The van der Waals surface area contributed by atoms with Crippen LogP contribution in [0.3, 0.4) is 0 Å². The highest BCUT2D eigenvalue weighted by molar-refractivity contribution is 5.16. The van der Waals surface area contributed by atoms with Gasteiger partial charge in [0.1, 0.15) is 0 Å². The van der Waals surface area contributed by atoms with Crippen molar-refractivity contribution in [2.75, 3.05) is 6.61 Å². The Morgan fingerprint density at radius 2 is 2.00 bits per heavy atom. The van der Waals surface area contributed by atoms with Gasteiger partial charge >= 0.3 is 0 Å². The van der Waals surface area contributed by atoms with E-state index in [4.69, 9.17) is 0 Å². The fourth-order valence-corrected chi connectivity index (χ4v) is 3.48. The van der Waals surface area contributed by atoms with E-state index in [0.717, 1.165) is 18.5 Å². The van der Waals surface area contributed by atoms with Crippen LogP contribution in [0.4, 0.5) is 0 Å². The number of rotatable bonds is 3. The van der Waals surface area contributed by atoms with Gasteiger partial charge in [-0.25, -0.2) is 0 Å². The van der Waals surface area contributed by atoms with Gasteiger partial charge in [-0.1, -0.05) is 30.3 Å². The van der Waals surface area contributed by atoms with E-state index in [-0.39, 0.29) is 0 Å². The molecule has 3 rings (SSSR count). The van der Waals surface area contributed by atoms with Crippen molar-refractivity contribution in [3.05, 3.63) is 35.9 Å². The van der Waals surface area contributed by atoms with Gasteiger partial charge in [-0.3, -0.25) is 4.90 Å². The quantitative estimate of drug-likeness (QED) is 0.837. The first kappa shape index (κ1) is 10.3. The van der Waals surface area contributed by atoms with Crippen LogP contribution in [0.5, 0.6) is 0 Å². The summed E-state index contributed by atoms with van der Waals surface area (Å²) in [4.78, 5) is 2.52. The van der Waals surface area contributed by atoms with Crippen LogP contribution in [0.2, 0.25) is 0 Å². The zero-order valence-electron chi connectivity index (χ0n) is 9.55. The van der Waals surface area contributed by atoms with Crippen molar-refractivity contribution >= 4 is 0 Å². The van der Waals surface area contributed by atoms with Crippen molar-refractivity contribution in [3.63, 3.8) is 0 Å². The van der Waals surface area contributed by atoms with Gasteiger partial charge in [0.15, 0.2) is 0 Å². The smallest absolute Gasteiger partial charge is 0.0589 e. The van der Waals surface area contributed by atoms with Crippen LogP contribution in [-0.4, -0.2) is 28.7 Å². The maximum atomic E-state index is 9.49. The highest BCUT2D eigenvalue weighted by Crippen LogP contribution is 2.42. The van der Waals surface area contributed by atoms with E-state index in [1.165, 1.54) is 24.8 Å². The van der Waals surface area contributed by atoms with Gasteiger partial charge in [0, 0.05) is 18.6 Å². The summed E-state index contributed by atoms with van der Waals surface area (Å²) in [5.74, 6) is 0.749. The predicted octanol–water partition coefficient (Wildman–Crippen LogP) is 2.03. The lowest BCUT2D eigenvalue weighted by molar-refractivity contribution is 0.0779. The summed E-state index contributed by atoms with van der Waals surface area (Å²) in [5, 5.41) is 9.49. The molecule has 2 aliphatic rings. The number of nitrogens with zero attached hydrogens (tertiary/aromatic N) is 1. The topological polar surface area (TPSA) is 23.5 Å². The molecule has 0 amide bonds. The van der Waals surface area contributed by atoms with Gasteiger partial charge in [0.25, 0.3) is 0 Å². The fourth-order valence-electron chi connectivity index (χ4n) is 3.48. The van der Waals surface area contributed by atoms with Gasteiger partial charge < -0.3 is 5.11 Å². The molecule has 16 heavy (non-hydrogen) atoms. The first-order valence-corrected chi connectivity index (χ1v) is 6.29. The Bertz CT molecular complexity index is 351. The number of hydrogen-bond donors (Lipinski definition) is 1. The number of aliphatic hydroxyl groups excluding tert-OH is 1. The SMILES string of the molecule is OC[C@H]1[C@@H]2CC[C@@H](C2)N1Cc1ccccc1. The van der Waals surface area contributed by atoms with Crippen molar-refractivity contribution in [1.29, 1.82) is 0 Å². The molecule has 1 aromatic carbocycles. The minimum Gasteiger partial charge on any atom is -0.395 e. The summed E-state index contributed by atoms with van der Waals surface area (Å²) in [7, 11) is 0. The van der Waals surface area contributed by atoms with E-state index >= 15 is 0 Å². The molecule has 0 spiro atoms. The van der Waals surface area contributed by atoms with E-state index in [1.807, 2.05) is 0 Å². The number of hydrogen-bond acceptors (Lipinski definition) is 2. The summed E-state index contributed by atoms with van der Waals surface area (Å²) in [6.07, 6.45) is 3.95. The highest BCUT2D eigenvalue weighted by Gasteiger charge is 2.44. The third-order valence-electron chi connectivity index (χ3n) is 4.28. The Morgan fingerprint density at radius 1 is 1.19 bits per heavy atom. The monoisotopic (exact) mass is 217 g/mol. The first-order valence-electron chi connectivity index (χ1n) is 6.29. The number of aliphatic hydroxyl groups is 1. The van der Waals surface area contributed by atoms with Crippen LogP contribution in [0.15, 0.2) is 30.3 Å². The van der Waals surface area contributed by atoms with Crippen LogP contribution in [0.25, 0.3) is 0 Å². The Kier molecular flexibility index (Phi) is 2.70. The standard InChI is InChI=1S/C14H19NO/c16-10-14-12-6-7-13(8-12)15(14)9-11-4-2-1-3-5-11/h1-5,12-14,16H,6-10H2/t12-,13+,14+/m1/s1. The molecule has 1 aliphatic heterocycles. The van der Waals surface area contributed by atoms with Crippen molar-refractivity contribution in [2.24, 2.45) is 5.92 Å². The molecule has 1 aliphatic carbocycles. The van der Waals surface area contributed by atoms with Gasteiger partial charge in [0.2, 0.25) is 0 Å². The fraction of sp³-hybridized carbons (Fsp3) is 0.571. The summed E-state index contributed by atoms with van der Waals surface area (Å²) in [6, 6.07) is 11.8. The largest absolute Gasteiger partial charge is 0.395 e. The number of likely N-dealkylation sites (tertiary alicyclic amines) is 1. The third-order valence-corrected chi connectivity index (χ3v) is 4.28. The maximum Gasteiger partial charge on any atom is 0.0589 e. The van der Waals surface area contributed by atoms with Gasteiger partial charge in [-0.2, -0.15) is 0 Å². The predicted molar refractivity (Wildman–Crippen MR) is 64.0 cm³/mol. The maximum absolute atomic E-state index is 9.49. The Labute approximate surface area is 96.9 Å². The lowest BCUT2D eigenvalue weighted by atomic mass is 9.99. The summed E-state index contributed by atoms with van der Waals surface area (Å²) >= 11 is 0. The Balaban J connectivity index is 1.75. The zero-order valence-corrected chi connectivity index (χ0v) is 9.55. The summed E-state index contributed by atoms with van der Waals surface area (Å²) in [5.41, 5.74) is 1.37. The summed E-state index contributed by atoms with van der Waals surface area (Å²) < 4.78 is 0. The van der Waals surface area contributed by atoms with E-state index in [1.54, 1.807) is 0 Å². The van der Waals surface area contributed by atoms with Crippen molar-refractivity contribution in [3.8, 4) is 0 Å². The van der Waals surface area contributed by atoms with Crippen LogP contribution >= 0.6 is 0 Å². The van der Waals surface area contributed by atoms with Crippen molar-refractivity contribution < 1.29 is 5.11 Å². The average Bonchev–Trinajstić information content (AvgIpc) is 2.91. The van der Waals surface area contributed by atoms with Crippen LogP contribution in [-0.2, 0) is 6.54 Å². The highest BCUT2D eigenvalue weighted by atomic mass is 16.3. The molecule has 3 atom stereocenters. The molecule has 2 nitrogen and oxygen atoms in total. The zero-order chi connectivity index (χ0) is 11.0. The molecule has 1 heterocycles. The molecule has 2 bridgehead atoms. The second-order valence-electron chi connectivity index (χ2n) is 5.13. The minimum atomic E-state index is 0.327. The van der Waals surface area contributed by atoms with Crippen molar-refractivity contribution in [2.45, 2.75) is 37.9 Å². The minimum absolute atomic E-state index is 0.327. The van der Waals surface area contributed by atoms with Gasteiger partial charge in [0.05, 0.1) is 6.61 Å². The molecule has 86 valence electrons. The molecule has 2 heteroatoms. The van der Waals surface area contributed by atoms with Crippen molar-refractivity contribution in [1.82, 2.24) is 4.90 Å². The lowest BCUT2D eigenvalue weighted by Crippen LogP contribution is -2.42. The van der Waals surface area contributed by atoms with Crippen LogP contribution in [0.1, 0.15) is 24.8 Å². The molecular formula is C14H19NO. The Hall–Kier alpha value is -0.860. The average molecular weight is 217 g/mol. The van der Waals surface area contributed by atoms with Crippen LogP contribution in [0, 0.1) is 5.92 Å². The Morgan fingerprint density at radius 3 is 2.75 bits per heavy atom. The second-order valence-corrected chi connectivity index (χ2v) is 5.13. The van der Waals surface area contributed by atoms with Gasteiger partial charge in [-0.15, -0.1) is 0 Å². The van der Waals surface area contributed by atoms with Gasteiger partial charge in [-0.05, 0) is 30.7 Å². The first-order chi connectivity index (χ1) is 7.88. The van der Waals surface area contributed by atoms with E-state index < -0.39 is 0 Å². The lowest BCUT2D eigenvalue weighted by Gasteiger charge is -2.34. The molecule has 2 fully saturated rings. The number of piperidine rings is 1. The number of benzene rings is 1. The van der Waals surface area contributed by atoms with E-state index in [9.17, 15) is 5.11 Å². The molecular weight excluding hydrogens is 198 g/mol. The molecule has 1 N–H and O–H groups in total. The van der Waals surface area contributed by atoms with E-state index in [0.29, 0.717) is 12.6 Å². The summed E-state index contributed by atoms with van der Waals surface area (Å²) in [6.45, 7) is 1.33. The number of fused-ring (bicyclic) bond motifs is 2. The van der Waals surface area contributed by atoms with E-state index in [2.05, 4.69) is 35.2 Å². The molecule has 1 saturated heterocycles. The molecule has 1 aromatic rings. The molecule has 1 saturated carbocycles. The second kappa shape index (κ2) is 4.19.